The summed E-state index contributed by atoms with van der Waals surface area (Å²) in [7, 11) is 1.52. The number of hydrogen-bond donors (Lipinski definition) is 1. The van der Waals surface area contributed by atoms with Crippen molar-refractivity contribution >= 4 is 12.0 Å². The zero-order chi connectivity index (χ0) is 15.4. The highest BCUT2D eigenvalue weighted by atomic mass is 16.6. The predicted octanol–water partition coefficient (Wildman–Crippen LogP) is 1.65. The molecule has 1 aromatic rings. The van der Waals surface area contributed by atoms with Crippen LogP contribution in [0.3, 0.4) is 0 Å². The van der Waals surface area contributed by atoms with Crippen LogP contribution in [0.1, 0.15) is 24.2 Å². The monoisotopic (exact) mass is 292 g/mol. The Morgan fingerprint density at radius 2 is 2.19 bits per heavy atom. The zero-order valence-corrected chi connectivity index (χ0v) is 12.5. The van der Waals surface area contributed by atoms with Crippen molar-refractivity contribution in [1.29, 1.82) is 0 Å². The number of carbonyl (C=O) groups excluding carboxylic acids is 2. The molecule has 2 rings (SSSR count). The minimum absolute atomic E-state index is 0.0902. The van der Waals surface area contributed by atoms with Crippen molar-refractivity contribution in [3.8, 4) is 5.75 Å². The van der Waals surface area contributed by atoms with Crippen molar-refractivity contribution in [2.75, 3.05) is 20.2 Å². The SMILES string of the molecule is COc1ccccc1C(=O)NCC1CN(C(C)C)C(=O)O1. The van der Waals surface area contributed by atoms with Crippen LogP contribution in [0.15, 0.2) is 24.3 Å². The molecule has 0 saturated carbocycles. The summed E-state index contributed by atoms with van der Waals surface area (Å²) in [4.78, 5) is 25.4. The highest BCUT2D eigenvalue weighted by Gasteiger charge is 2.32. The number of nitrogens with zero attached hydrogens (tertiary/aromatic N) is 1. The summed E-state index contributed by atoms with van der Waals surface area (Å²) in [5, 5.41) is 2.77. The minimum atomic E-state index is -0.332. The summed E-state index contributed by atoms with van der Waals surface area (Å²) in [6.07, 6.45) is -0.653. The van der Waals surface area contributed by atoms with Crippen molar-refractivity contribution < 1.29 is 19.1 Å². The van der Waals surface area contributed by atoms with Gasteiger partial charge in [-0.25, -0.2) is 4.79 Å². The van der Waals surface area contributed by atoms with Crippen molar-refractivity contribution in [3.63, 3.8) is 0 Å². The maximum atomic E-state index is 12.1. The Morgan fingerprint density at radius 1 is 1.48 bits per heavy atom. The van der Waals surface area contributed by atoms with Crippen LogP contribution in [0.5, 0.6) is 5.75 Å². The molecule has 21 heavy (non-hydrogen) atoms. The molecular weight excluding hydrogens is 272 g/mol. The first kappa shape index (κ1) is 15.2. The largest absolute Gasteiger partial charge is 0.496 e. The summed E-state index contributed by atoms with van der Waals surface area (Å²) in [5.74, 6) is 0.272. The molecule has 1 aliphatic rings. The molecule has 1 aromatic carbocycles. The number of carbonyl (C=O) groups is 2. The third-order valence-corrected chi connectivity index (χ3v) is 3.37. The zero-order valence-electron chi connectivity index (χ0n) is 12.5. The Bertz CT molecular complexity index is 530. The van der Waals surface area contributed by atoms with E-state index in [9.17, 15) is 9.59 Å². The third-order valence-electron chi connectivity index (χ3n) is 3.37. The number of hydrogen-bond acceptors (Lipinski definition) is 4. The summed E-state index contributed by atoms with van der Waals surface area (Å²) in [5.41, 5.74) is 0.463. The number of amides is 2. The first-order valence-electron chi connectivity index (χ1n) is 6.91. The lowest BCUT2D eigenvalue weighted by Crippen LogP contribution is -2.36. The van der Waals surface area contributed by atoms with E-state index in [-0.39, 0.29) is 30.7 Å². The standard InChI is InChI=1S/C15H20N2O4/c1-10(2)17-9-11(21-15(17)19)8-16-14(18)12-6-4-5-7-13(12)20-3/h4-7,10-11H,8-9H2,1-3H3,(H,16,18). The molecule has 0 aromatic heterocycles. The molecule has 1 N–H and O–H groups in total. The highest BCUT2D eigenvalue weighted by molar-refractivity contribution is 5.96. The van der Waals surface area contributed by atoms with Crippen molar-refractivity contribution in [3.05, 3.63) is 29.8 Å². The smallest absolute Gasteiger partial charge is 0.410 e. The van der Waals surface area contributed by atoms with Crippen molar-refractivity contribution in [1.82, 2.24) is 10.2 Å². The molecule has 1 heterocycles. The molecule has 0 bridgehead atoms. The van der Waals surface area contributed by atoms with E-state index >= 15 is 0 Å². The summed E-state index contributed by atoms with van der Waals surface area (Å²) in [6.45, 7) is 4.63. The Labute approximate surface area is 124 Å². The van der Waals surface area contributed by atoms with Gasteiger partial charge in [0.15, 0.2) is 0 Å². The maximum absolute atomic E-state index is 12.1. The molecule has 6 heteroatoms. The second kappa shape index (κ2) is 6.47. The van der Waals surface area contributed by atoms with E-state index < -0.39 is 0 Å². The van der Waals surface area contributed by atoms with E-state index in [0.29, 0.717) is 17.9 Å². The summed E-state index contributed by atoms with van der Waals surface area (Å²) in [6, 6.07) is 7.08. The van der Waals surface area contributed by atoms with Crippen LogP contribution in [0.2, 0.25) is 0 Å². The topological polar surface area (TPSA) is 67.9 Å². The van der Waals surface area contributed by atoms with E-state index in [4.69, 9.17) is 9.47 Å². The number of para-hydroxylation sites is 1. The lowest BCUT2D eigenvalue weighted by atomic mass is 10.2. The van der Waals surface area contributed by atoms with Gasteiger partial charge in [-0.05, 0) is 26.0 Å². The van der Waals surface area contributed by atoms with Gasteiger partial charge < -0.3 is 19.7 Å². The molecule has 114 valence electrons. The fourth-order valence-electron chi connectivity index (χ4n) is 2.20. The van der Waals surface area contributed by atoms with Gasteiger partial charge in [-0.3, -0.25) is 4.79 Å². The van der Waals surface area contributed by atoms with Gasteiger partial charge in [-0.15, -0.1) is 0 Å². The van der Waals surface area contributed by atoms with Gasteiger partial charge in [0.1, 0.15) is 11.9 Å². The van der Waals surface area contributed by atoms with Gasteiger partial charge in [0.25, 0.3) is 5.91 Å². The van der Waals surface area contributed by atoms with E-state index in [1.165, 1.54) is 7.11 Å². The van der Waals surface area contributed by atoms with E-state index in [1.54, 1.807) is 29.2 Å². The van der Waals surface area contributed by atoms with Crippen molar-refractivity contribution in [2.24, 2.45) is 0 Å². The molecular formula is C15H20N2O4. The highest BCUT2D eigenvalue weighted by Crippen LogP contribution is 2.17. The van der Waals surface area contributed by atoms with Crippen LogP contribution < -0.4 is 10.1 Å². The Hall–Kier alpha value is -2.24. The first-order chi connectivity index (χ1) is 10.0. The summed E-state index contributed by atoms with van der Waals surface area (Å²) >= 11 is 0. The van der Waals surface area contributed by atoms with Gasteiger partial charge in [-0.1, -0.05) is 12.1 Å². The van der Waals surface area contributed by atoms with Crippen LogP contribution in [0, 0.1) is 0 Å². The number of nitrogens with one attached hydrogen (secondary N) is 1. The molecule has 0 radical (unpaired) electrons. The van der Waals surface area contributed by atoms with Crippen LogP contribution in [0.25, 0.3) is 0 Å². The van der Waals surface area contributed by atoms with Crippen LogP contribution >= 0.6 is 0 Å². The lowest BCUT2D eigenvalue weighted by molar-refractivity contribution is 0.0911. The molecule has 1 atom stereocenters. The van der Waals surface area contributed by atoms with Crippen LogP contribution in [-0.4, -0.2) is 49.2 Å². The quantitative estimate of drug-likeness (QED) is 0.896. The van der Waals surface area contributed by atoms with Gasteiger partial charge in [0.2, 0.25) is 0 Å². The molecule has 1 saturated heterocycles. The minimum Gasteiger partial charge on any atom is -0.496 e. The molecule has 1 aliphatic heterocycles. The molecule has 0 spiro atoms. The fraction of sp³-hybridized carbons (Fsp3) is 0.467. The number of ether oxygens (including phenoxy) is 2. The average molecular weight is 292 g/mol. The van der Waals surface area contributed by atoms with Crippen molar-refractivity contribution in [2.45, 2.75) is 26.0 Å². The first-order valence-corrected chi connectivity index (χ1v) is 6.91. The molecule has 1 unspecified atom stereocenters. The Balaban J connectivity index is 1.92. The predicted molar refractivity (Wildman–Crippen MR) is 77.4 cm³/mol. The normalized spacial score (nSPS) is 17.8. The summed E-state index contributed by atoms with van der Waals surface area (Å²) < 4.78 is 10.4. The fourth-order valence-corrected chi connectivity index (χ4v) is 2.20. The Kier molecular flexibility index (Phi) is 4.67. The average Bonchev–Trinajstić information content (AvgIpc) is 2.86. The second-order valence-corrected chi connectivity index (χ2v) is 5.16. The second-order valence-electron chi connectivity index (χ2n) is 5.16. The van der Waals surface area contributed by atoms with Crippen LogP contribution in [0.4, 0.5) is 4.79 Å². The van der Waals surface area contributed by atoms with E-state index in [2.05, 4.69) is 5.32 Å². The lowest BCUT2D eigenvalue weighted by Gasteiger charge is -2.17. The van der Waals surface area contributed by atoms with E-state index in [1.807, 2.05) is 13.8 Å². The number of rotatable bonds is 5. The Morgan fingerprint density at radius 3 is 2.81 bits per heavy atom. The van der Waals surface area contributed by atoms with E-state index in [0.717, 1.165) is 0 Å². The molecule has 6 nitrogen and oxygen atoms in total. The van der Waals surface area contributed by atoms with Gasteiger partial charge in [0.05, 0.1) is 25.8 Å². The number of methoxy groups -OCH3 is 1. The maximum Gasteiger partial charge on any atom is 0.410 e. The molecule has 2 amide bonds. The molecule has 1 fully saturated rings. The van der Waals surface area contributed by atoms with Gasteiger partial charge >= 0.3 is 6.09 Å². The number of cyclic esters (lactones) is 1. The molecule has 0 aliphatic carbocycles. The third kappa shape index (κ3) is 3.45. The van der Waals surface area contributed by atoms with Crippen LogP contribution in [-0.2, 0) is 4.74 Å². The van der Waals surface area contributed by atoms with Gasteiger partial charge in [-0.2, -0.15) is 0 Å². The number of benzene rings is 1. The van der Waals surface area contributed by atoms with Gasteiger partial charge in [0, 0.05) is 6.04 Å².